The Kier molecular flexibility index (Phi) is 4.71. The van der Waals surface area contributed by atoms with Gasteiger partial charge in [0.05, 0.1) is 17.8 Å². The van der Waals surface area contributed by atoms with Gasteiger partial charge in [0.1, 0.15) is 5.82 Å². The molecule has 5 nitrogen and oxygen atoms in total. The highest BCUT2D eigenvalue weighted by Gasteiger charge is 2.30. The maximum atomic E-state index is 14.4. The van der Waals surface area contributed by atoms with Crippen LogP contribution in [-0.2, 0) is 0 Å². The molecule has 0 bridgehead atoms. The summed E-state index contributed by atoms with van der Waals surface area (Å²) >= 11 is 0. The predicted molar refractivity (Wildman–Crippen MR) is 102 cm³/mol. The van der Waals surface area contributed by atoms with Crippen LogP contribution in [0.5, 0.6) is 0 Å². The topological polar surface area (TPSA) is 54.8 Å². The van der Waals surface area contributed by atoms with Gasteiger partial charge in [-0.25, -0.2) is 14.4 Å². The number of alkyl halides is 1. The van der Waals surface area contributed by atoms with Gasteiger partial charge < -0.3 is 4.90 Å². The number of rotatable bonds is 4. The minimum Gasteiger partial charge on any atom is -0.352 e. The van der Waals surface area contributed by atoms with Crippen LogP contribution in [0.2, 0.25) is 0 Å². The smallest absolute Gasteiger partial charge is 0.162 e. The Morgan fingerprint density at radius 1 is 1.08 bits per heavy atom. The maximum Gasteiger partial charge on any atom is 0.162 e. The summed E-state index contributed by atoms with van der Waals surface area (Å²) in [5, 5.41) is -0.702. The minimum atomic E-state index is -1.53. The van der Waals surface area contributed by atoms with Crippen molar-refractivity contribution >= 4 is 35.2 Å². The molecule has 3 aromatic heterocycles. The Morgan fingerprint density at radius 2 is 1.75 bits per heavy atom. The second-order valence-corrected chi connectivity index (χ2v) is 8.05. The average Bonchev–Trinajstić information content (AvgIpc) is 2.59. The van der Waals surface area contributed by atoms with E-state index in [0.29, 0.717) is 17.2 Å². The third-order valence-electron chi connectivity index (χ3n) is 3.97. The van der Waals surface area contributed by atoms with Crippen molar-refractivity contribution in [2.45, 2.75) is 18.1 Å². The first kappa shape index (κ1) is 17.1. The molecule has 0 aromatic carbocycles. The van der Waals surface area contributed by atoms with Crippen molar-refractivity contribution in [3.63, 3.8) is 0 Å². The molecule has 3 atom stereocenters. The van der Waals surface area contributed by atoms with E-state index in [2.05, 4.69) is 38.4 Å². The standard InChI is InChI=1S/C16H18FN5P2/c1-10(16(17,23)24)22(2)15-12-5-8-19-9-13(12)20-14(21-15)11-3-6-18-7-4-11/h3-10H,23-24H2,1-2H3/t10-/m0/s1. The van der Waals surface area contributed by atoms with Crippen LogP contribution in [0, 0.1) is 0 Å². The first-order chi connectivity index (χ1) is 11.4. The van der Waals surface area contributed by atoms with E-state index in [1.807, 2.05) is 30.1 Å². The number of nitrogens with zero attached hydrogens (tertiary/aromatic N) is 5. The van der Waals surface area contributed by atoms with E-state index in [9.17, 15) is 4.39 Å². The van der Waals surface area contributed by atoms with Crippen LogP contribution in [0.3, 0.4) is 0 Å². The number of pyridine rings is 2. The molecule has 0 amide bonds. The summed E-state index contributed by atoms with van der Waals surface area (Å²) in [4.78, 5) is 19.2. The number of hydrogen-bond donors (Lipinski definition) is 0. The second-order valence-electron chi connectivity index (χ2n) is 5.61. The van der Waals surface area contributed by atoms with E-state index in [0.717, 1.165) is 10.9 Å². The Labute approximate surface area is 144 Å². The van der Waals surface area contributed by atoms with Gasteiger partial charge in [-0.05, 0) is 25.1 Å². The van der Waals surface area contributed by atoms with Gasteiger partial charge in [0.2, 0.25) is 0 Å². The molecule has 0 fully saturated rings. The third-order valence-corrected chi connectivity index (χ3v) is 4.94. The Morgan fingerprint density at radius 3 is 2.42 bits per heavy atom. The molecule has 24 heavy (non-hydrogen) atoms. The molecule has 0 saturated carbocycles. The van der Waals surface area contributed by atoms with Crippen molar-refractivity contribution in [3.8, 4) is 11.4 Å². The fourth-order valence-electron chi connectivity index (χ4n) is 2.34. The summed E-state index contributed by atoms with van der Waals surface area (Å²) in [5.41, 5.74) is 1.56. The summed E-state index contributed by atoms with van der Waals surface area (Å²) < 4.78 is 14.4. The van der Waals surface area contributed by atoms with Gasteiger partial charge in [-0.15, -0.1) is 0 Å². The molecule has 3 heterocycles. The lowest BCUT2D eigenvalue weighted by molar-refractivity contribution is 0.354. The zero-order valence-electron chi connectivity index (χ0n) is 13.4. The van der Waals surface area contributed by atoms with Crippen LogP contribution in [-0.4, -0.2) is 38.2 Å². The largest absolute Gasteiger partial charge is 0.352 e. The van der Waals surface area contributed by atoms with Crippen molar-refractivity contribution in [1.29, 1.82) is 0 Å². The number of hydrogen-bond acceptors (Lipinski definition) is 5. The lowest BCUT2D eigenvalue weighted by Crippen LogP contribution is -2.39. The van der Waals surface area contributed by atoms with E-state index in [4.69, 9.17) is 0 Å². The summed E-state index contributed by atoms with van der Waals surface area (Å²) in [6.45, 7) is 1.81. The molecule has 0 N–H and O–H groups in total. The van der Waals surface area contributed by atoms with Gasteiger partial charge in [0, 0.05) is 36.6 Å². The van der Waals surface area contributed by atoms with Crippen LogP contribution in [0.1, 0.15) is 6.92 Å². The number of fused-ring (bicyclic) bond motifs is 1. The lowest BCUT2D eigenvalue weighted by Gasteiger charge is -2.33. The summed E-state index contributed by atoms with van der Waals surface area (Å²) in [5.74, 6) is 1.22. The van der Waals surface area contributed by atoms with E-state index in [-0.39, 0.29) is 0 Å². The van der Waals surface area contributed by atoms with E-state index in [1.54, 1.807) is 31.7 Å². The fraction of sp³-hybridized carbons (Fsp3) is 0.250. The number of anilines is 1. The molecule has 0 spiro atoms. The average molecular weight is 361 g/mol. The summed E-state index contributed by atoms with van der Waals surface area (Å²) in [6.07, 6.45) is 6.75. The van der Waals surface area contributed by atoms with Crippen molar-refractivity contribution < 1.29 is 4.39 Å². The zero-order chi connectivity index (χ0) is 17.3. The molecule has 2 unspecified atom stereocenters. The SMILES string of the molecule is C[C@H](N(C)c1nc(-c2ccncc2)nc2cnccc12)C(F)(P)P. The van der Waals surface area contributed by atoms with Crippen LogP contribution in [0.25, 0.3) is 22.3 Å². The Hall–Kier alpha value is -1.77. The predicted octanol–water partition coefficient (Wildman–Crippen LogP) is 3.29. The highest BCUT2D eigenvalue weighted by atomic mass is 31.1. The molecule has 0 aliphatic rings. The first-order valence-corrected chi connectivity index (χ1v) is 8.55. The molecular weight excluding hydrogens is 343 g/mol. The highest BCUT2D eigenvalue weighted by Crippen LogP contribution is 2.37. The van der Waals surface area contributed by atoms with Gasteiger partial charge in [-0.3, -0.25) is 9.97 Å². The van der Waals surface area contributed by atoms with Crippen molar-refractivity contribution in [3.05, 3.63) is 43.0 Å². The monoisotopic (exact) mass is 361 g/mol. The van der Waals surface area contributed by atoms with Crippen molar-refractivity contribution in [2.24, 2.45) is 0 Å². The molecule has 0 saturated heterocycles. The van der Waals surface area contributed by atoms with Crippen LogP contribution < -0.4 is 4.90 Å². The Balaban J connectivity index is 2.19. The fourth-order valence-corrected chi connectivity index (χ4v) is 2.79. The van der Waals surface area contributed by atoms with Crippen LogP contribution in [0.4, 0.5) is 10.2 Å². The van der Waals surface area contributed by atoms with Crippen LogP contribution >= 0.6 is 18.5 Å². The third kappa shape index (κ3) is 3.35. The minimum absolute atomic E-state index is 0.427. The van der Waals surface area contributed by atoms with E-state index in [1.165, 1.54) is 0 Å². The molecule has 0 aliphatic carbocycles. The van der Waals surface area contributed by atoms with Crippen molar-refractivity contribution in [1.82, 2.24) is 19.9 Å². The van der Waals surface area contributed by atoms with Gasteiger partial charge in [-0.2, -0.15) is 0 Å². The zero-order valence-corrected chi connectivity index (χ0v) is 15.7. The molecule has 3 rings (SSSR count). The lowest BCUT2D eigenvalue weighted by atomic mass is 10.2. The summed E-state index contributed by atoms with van der Waals surface area (Å²) in [6, 6.07) is 5.10. The van der Waals surface area contributed by atoms with Gasteiger partial charge in [0.15, 0.2) is 11.0 Å². The van der Waals surface area contributed by atoms with E-state index < -0.39 is 11.2 Å². The molecule has 8 heteroatoms. The molecular formula is C16H18FN5P2. The van der Waals surface area contributed by atoms with Gasteiger partial charge in [-0.1, -0.05) is 18.5 Å². The van der Waals surface area contributed by atoms with E-state index >= 15 is 0 Å². The molecule has 124 valence electrons. The Bertz CT molecular complexity index is 854. The first-order valence-electron chi connectivity index (χ1n) is 7.39. The molecule has 0 radical (unpaired) electrons. The molecule has 3 aromatic rings. The van der Waals surface area contributed by atoms with Crippen LogP contribution in [0.15, 0.2) is 43.0 Å². The quantitative estimate of drug-likeness (QED) is 0.668. The van der Waals surface area contributed by atoms with Gasteiger partial charge in [0.25, 0.3) is 0 Å². The molecule has 0 aliphatic heterocycles. The maximum absolute atomic E-state index is 14.4. The second kappa shape index (κ2) is 6.62. The van der Waals surface area contributed by atoms with Crippen molar-refractivity contribution in [2.75, 3.05) is 11.9 Å². The summed E-state index contributed by atoms with van der Waals surface area (Å²) in [7, 11) is 6.25. The van der Waals surface area contributed by atoms with Gasteiger partial charge >= 0.3 is 0 Å². The normalized spacial score (nSPS) is 13.0. The number of aromatic nitrogens is 4. The number of halogens is 1. The highest BCUT2D eigenvalue weighted by molar-refractivity contribution is 7.39.